The average Bonchev–Trinajstić information content (AvgIpc) is 2.74. The largest absolute Gasteiger partial charge is 0.480 e. The van der Waals surface area contributed by atoms with Crippen LogP contribution in [-0.4, -0.2) is 62.9 Å². The lowest BCUT2D eigenvalue weighted by Gasteiger charge is -2.33. The van der Waals surface area contributed by atoms with Crippen molar-refractivity contribution in [3.63, 3.8) is 0 Å². The van der Waals surface area contributed by atoms with Crippen molar-refractivity contribution in [3.8, 4) is 0 Å². The summed E-state index contributed by atoms with van der Waals surface area (Å²) < 4.78 is 5.16. The van der Waals surface area contributed by atoms with Gasteiger partial charge in [-0.05, 0) is 33.6 Å². The molecule has 0 aromatic rings. The number of rotatable bonds is 2. The first kappa shape index (κ1) is 18.3. The minimum absolute atomic E-state index is 0.0151. The highest BCUT2D eigenvalue weighted by Crippen LogP contribution is 2.30. The Labute approximate surface area is 140 Å². The third kappa shape index (κ3) is 4.05. The summed E-state index contributed by atoms with van der Waals surface area (Å²) in [4.78, 5) is 37.4. The van der Waals surface area contributed by atoms with Gasteiger partial charge in [0.2, 0.25) is 5.91 Å². The number of aliphatic carboxylic acids is 1. The van der Waals surface area contributed by atoms with Gasteiger partial charge in [0, 0.05) is 6.42 Å². The molecule has 0 aromatic carbocycles. The maximum absolute atomic E-state index is 12.8. The number of carbonyl (C=O) groups excluding carboxylic acids is 2. The molecule has 0 radical (unpaired) electrons. The molecule has 0 aromatic heterocycles. The molecule has 8 nitrogen and oxygen atoms in total. The van der Waals surface area contributed by atoms with Crippen LogP contribution in [-0.2, 0) is 14.3 Å². The summed E-state index contributed by atoms with van der Waals surface area (Å²) in [5.41, 5.74) is -0.708. The van der Waals surface area contributed by atoms with E-state index in [1.165, 1.54) is 4.90 Å². The zero-order chi connectivity index (χ0) is 18.1. The van der Waals surface area contributed by atoms with Crippen LogP contribution >= 0.6 is 0 Å². The second-order valence-electron chi connectivity index (χ2n) is 7.11. The van der Waals surface area contributed by atoms with Crippen LogP contribution in [0.15, 0.2) is 12.2 Å². The lowest BCUT2D eigenvalue weighted by Crippen LogP contribution is -2.55. The van der Waals surface area contributed by atoms with Gasteiger partial charge < -0.3 is 25.2 Å². The first-order valence-corrected chi connectivity index (χ1v) is 7.97. The summed E-state index contributed by atoms with van der Waals surface area (Å²) in [6, 6.07) is -2.61. The summed E-state index contributed by atoms with van der Waals surface area (Å²) in [6.07, 6.45) is 2.51. The fourth-order valence-corrected chi connectivity index (χ4v) is 3.04. The molecule has 134 valence electrons. The number of ether oxygens (including phenoxy) is 1. The normalized spacial score (nSPS) is 31.7. The quantitative estimate of drug-likeness (QED) is 0.636. The maximum Gasteiger partial charge on any atom is 0.408 e. The van der Waals surface area contributed by atoms with E-state index < -0.39 is 47.8 Å². The van der Waals surface area contributed by atoms with Crippen LogP contribution in [0.1, 0.15) is 40.0 Å². The maximum atomic E-state index is 12.8. The Kier molecular flexibility index (Phi) is 5.17. The van der Waals surface area contributed by atoms with Crippen LogP contribution in [0.3, 0.4) is 0 Å². The summed E-state index contributed by atoms with van der Waals surface area (Å²) in [6.45, 7) is 5.12. The third-order valence-corrected chi connectivity index (χ3v) is 4.05. The Morgan fingerprint density at radius 3 is 2.50 bits per heavy atom. The van der Waals surface area contributed by atoms with E-state index in [4.69, 9.17) is 4.74 Å². The van der Waals surface area contributed by atoms with Crippen molar-refractivity contribution in [3.05, 3.63) is 12.2 Å². The van der Waals surface area contributed by atoms with Gasteiger partial charge in [0.1, 0.15) is 17.7 Å². The number of amides is 2. The summed E-state index contributed by atoms with van der Waals surface area (Å²) in [5.74, 6) is -1.68. The van der Waals surface area contributed by atoms with E-state index in [0.29, 0.717) is 6.42 Å². The van der Waals surface area contributed by atoms with Gasteiger partial charge in [-0.3, -0.25) is 4.79 Å². The Hall–Kier alpha value is -2.09. The van der Waals surface area contributed by atoms with Gasteiger partial charge in [0.05, 0.1) is 12.1 Å². The van der Waals surface area contributed by atoms with Gasteiger partial charge in [0.25, 0.3) is 0 Å². The van der Waals surface area contributed by atoms with Gasteiger partial charge in [-0.15, -0.1) is 0 Å². The molecule has 2 aliphatic rings. The van der Waals surface area contributed by atoms with E-state index in [1.54, 1.807) is 32.9 Å². The van der Waals surface area contributed by atoms with Crippen molar-refractivity contribution < 1.29 is 29.3 Å². The second-order valence-corrected chi connectivity index (χ2v) is 7.11. The molecule has 24 heavy (non-hydrogen) atoms. The minimum atomic E-state index is -1.16. The first-order chi connectivity index (χ1) is 11.1. The van der Waals surface area contributed by atoms with Gasteiger partial charge in [-0.1, -0.05) is 12.2 Å². The van der Waals surface area contributed by atoms with E-state index in [1.807, 2.05) is 0 Å². The predicted molar refractivity (Wildman–Crippen MR) is 84.2 cm³/mol. The molecule has 0 saturated carbocycles. The number of aliphatic hydroxyl groups is 1. The number of nitrogens with one attached hydrogen (secondary N) is 1. The minimum Gasteiger partial charge on any atom is -0.480 e. The Morgan fingerprint density at radius 1 is 1.29 bits per heavy atom. The highest BCUT2D eigenvalue weighted by Gasteiger charge is 2.48. The number of fused-ring (bicyclic) bond motifs is 1. The number of nitrogens with zero attached hydrogens (tertiary/aromatic N) is 1. The summed E-state index contributed by atoms with van der Waals surface area (Å²) >= 11 is 0. The molecule has 8 heteroatoms. The molecule has 2 rings (SSSR count). The summed E-state index contributed by atoms with van der Waals surface area (Å²) in [7, 11) is 0. The van der Waals surface area contributed by atoms with Crippen LogP contribution in [0.25, 0.3) is 0 Å². The topological polar surface area (TPSA) is 116 Å². The molecular formula is C16H24N2O6. The monoisotopic (exact) mass is 340 g/mol. The Balaban J connectivity index is 2.20. The second kappa shape index (κ2) is 6.80. The first-order valence-electron chi connectivity index (χ1n) is 7.97. The molecule has 4 atom stereocenters. The Morgan fingerprint density at radius 2 is 1.92 bits per heavy atom. The zero-order valence-electron chi connectivity index (χ0n) is 14.1. The van der Waals surface area contributed by atoms with Gasteiger partial charge in [0.15, 0.2) is 0 Å². The molecule has 2 aliphatic heterocycles. The molecule has 3 N–H and O–H groups in total. The van der Waals surface area contributed by atoms with Crippen molar-refractivity contribution in [1.82, 2.24) is 10.2 Å². The number of carbonyl (C=O) groups is 3. The van der Waals surface area contributed by atoms with Gasteiger partial charge in [-0.25, -0.2) is 9.59 Å². The van der Waals surface area contributed by atoms with Crippen molar-refractivity contribution in [1.29, 1.82) is 0 Å². The number of alkyl carbamates (subject to hydrolysis) is 1. The third-order valence-electron chi connectivity index (χ3n) is 4.05. The highest BCUT2D eigenvalue weighted by atomic mass is 16.6. The lowest BCUT2D eigenvalue weighted by atomic mass is 10.0. The highest BCUT2D eigenvalue weighted by molar-refractivity contribution is 5.90. The molecule has 0 bridgehead atoms. The number of aliphatic hydroxyl groups excluding tert-OH is 1. The molecule has 0 aliphatic carbocycles. The molecular weight excluding hydrogens is 316 g/mol. The zero-order valence-corrected chi connectivity index (χ0v) is 14.1. The molecule has 0 unspecified atom stereocenters. The van der Waals surface area contributed by atoms with E-state index in [9.17, 15) is 24.6 Å². The standard InChI is InChI=1S/C16H24N2O6/c1-16(2,3)24-15(23)17-9-6-4-5-7-10-12(19)8-11(14(21)22)18(10)13(9)20/h4-5,9-12,19H,6-8H2,1-3H3,(H,17,23)(H,21,22)/b5-4-/t9-,10+,11-,12+/m0/s1. The molecule has 2 amide bonds. The van der Waals surface area contributed by atoms with Crippen LogP contribution in [0.4, 0.5) is 4.79 Å². The van der Waals surface area contributed by atoms with E-state index in [2.05, 4.69) is 5.32 Å². The Bertz CT molecular complexity index is 553. The molecule has 1 fully saturated rings. The smallest absolute Gasteiger partial charge is 0.408 e. The van der Waals surface area contributed by atoms with Crippen LogP contribution in [0.5, 0.6) is 0 Å². The van der Waals surface area contributed by atoms with Crippen LogP contribution in [0, 0.1) is 0 Å². The summed E-state index contributed by atoms with van der Waals surface area (Å²) in [5, 5.41) is 21.9. The fourth-order valence-electron chi connectivity index (χ4n) is 3.04. The van der Waals surface area contributed by atoms with Gasteiger partial charge >= 0.3 is 12.1 Å². The van der Waals surface area contributed by atoms with Crippen molar-refractivity contribution in [2.24, 2.45) is 0 Å². The SMILES string of the molecule is CC(C)(C)OC(=O)N[C@H]1C/C=C\C[C@@H]2[C@H](O)C[C@@H](C(=O)O)N2C1=O. The van der Waals surface area contributed by atoms with Crippen molar-refractivity contribution in [2.75, 3.05) is 0 Å². The van der Waals surface area contributed by atoms with E-state index in [0.717, 1.165) is 0 Å². The van der Waals surface area contributed by atoms with Crippen LogP contribution in [0.2, 0.25) is 0 Å². The van der Waals surface area contributed by atoms with Crippen molar-refractivity contribution in [2.45, 2.75) is 69.9 Å². The van der Waals surface area contributed by atoms with Crippen LogP contribution < -0.4 is 5.32 Å². The number of carboxylic acids is 1. The predicted octanol–water partition coefficient (Wildman–Crippen LogP) is 0.645. The number of hydrogen-bond donors (Lipinski definition) is 3. The molecule has 2 heterocycles. The average molecular weight is 340 g/mol. The molecule has 1 saturated heterocycles. The van der Waals surface area contributed by atoms with Crippen molar-refractivity contribution >= 4 is 18.0 Å². The van der Waals surface area contributed by atoms with E-state index in [-0.39, 0.29) is 12.8 Å². The fraction of sp³-hybridized carbons (Fsp3) is 0.688. The van der Waals surface area contributed by atoms with E-state index >= 15 is 0 Å². The lowest BCUT2D eigenvalue weighted by molar-refractivity contribution is -0.150. The molecule has 0 spiro atoms. The number of hydrogen-bond acceptors (Lipinski definition) is 5. The van der Waals surface area contributed by atoms with Gasteiger partial charge in [-0.2, -0.15) is 0 Å². The number of carboxylic acid groups (broad SMARTS) is 1.